The molecule has 2 aliphatic rings. The van der Waals surface area contributed by atoms with Gasteiger partial charge in [0.25, 0.3) is 0 Å². The van der Waals surface area contributed by atoms with Crippen LogP contribution in [0, 0.1) is 28.6 Å². The highest BCUT2D eigenvalue weighted by atomic mass is 16.5. The van der Waals surface area contributed by atoms with Crippen molar-refractivity contribution in [2.75, 3.05) is 20.2 Å². The lowest BCUT2D eigenvalue weighted by Crippen LogP contribution is -2.46. The average Bonchev–Trinajstić information content (AvgIpc) is 2.89. The molecule has 0 spiro atoms. The number of hydrogen-bond donors (Lipinski definition) is 0. The Morgan fingerprint density at radius 3 is 2.55 bits per heavy atom. The molecule has 2 fully saturated rings. The van der Waals surface area contributed by atoms with Gasteiger partial charge in [-0.2, -0.15) is 5.26 Å². The quantitative estimate of drug-likeness (QED) is 0.793. The first-order valence-corrected chi connectivity index (χ1v) is 8.13. The SMILES string of the molecule is CN(CC1CCCO1)C1CC(C(C)(C)C)CCC1C#N. The molecule has 20 heavy (non-hydrogen) atoms. The smallest absolute Gasteiger partial charge is 0.0702 e. The van der Waals surface area contributed by atoms with Crippen LogP contribution in [-0.2, 0) is 4.74 Å². The molecule has 1 saturated carbocycles. The first-order valence-electron chi connectivity index (χ1n) is 8.13. The van der Waals surface area contributed by atoms with Gasteiger partial charge in [0, 0.05) is 19.2 Å². The molecule has 0 aromatic heterocycles. The van der Waals surface area contributed by atoms with E-state index in [0.29, 0.717) is 17.6 Å². The average molecular weight is 278 g/mol. The highest BCUT2D eigenvalue weighted by Crippen LogP contribution is 2.41. The lowest BCUT2D eigenvalue weighted by Gasteiger charge is -2.43. The Bertz CT molecular complexity index is 349. The third-order valence-electron chi connectivity index (χ3n) is 5.29. The van der Waals surface area contributed by atoms with Gasteiger partial charge in [-0.1, -0.05) is 20.8 Å². The Morgan fingerprint density at radius 2 is 2.00 bits per heavy atom. The van der Waals surface area contributed by atoms with Crippen molar-refractivity contribution in [1.82, 2.24) is 4.90 Å². The minimum Gasteiger partial charge on any atom is -0.377 e. The van der Waals surface area contributed by atoms with Crippen LogP contribution in [0.2, 0.25) is 0 Å². The Balaban J connectivity index is 1.99. The molecule has 1 aliphatic carbocycles. The summed E-state index contributed by atoms with van der Waals surface area (Å²) in [6.07, 6.45) is 6.16. The molecule has 0 radical (unpaired) electrons. The van der Waals surface area contributed by atoms with Crippen LogP contribution in [0.25, 0.3) is 0 Å². The molecular weight excluding hydrogens is 248 g/mol. The molecule has 3 nitrogen and oxygen atoms in total. The van der Waals surface area contributed by atoms with Crippen molar-refractivity contribution in [2.24, 2.45) is 17.3 Å². The van der Waals surface area contributed by atoms with Gasteiger partial charge in [-0.3, -0.25) is 4.90 Å². The fourth-order valence-corrected chi connectivity index (χ4v) is 3.82. The largest absolute Gasteiger partial charge is 0.377 e. The van der Waals surface area contributed by atoms with Gasteiger partial charge in [-0.25, -0.2) is 0 Å². The molecule has 4 unspecified atom stereocenters. The Hall–Kier alpha value is -0.590. The van der Waals surface area contributed by atoms with Crippen LogP contribution >= 0.6 is 0 Å². The molecule has 1 aliphatic heterocycles. The van der Waals surface area contributed by atoms with Gasteiger partial charge in [0.2, 0.25) is 0 Å². The molecule has 0 bridgehead atoms. The predicted molar refractivity (Wildman–Crippen MR) is 81.3 cm³/mol. The summed E-state index contributed by atoms with van der Waals surface area (Å²) in [5.41, 5.74) is 0.351. The lowest BCUT2D eigenvalue weighted by atomic mass is 9.68. The fraction of sp³-hybridized carbons (Fsp3) is 0.941. The zero-order valence-electron chi connectivity index (χ0n) is 13.6. The Morgan fingerprint density at radius 1 is 1.25 bits per heavy atom. The first-order chi connectivity index (χ1) is 9.41. The maximum absolute atomic E-state index is 9.45. The molecule has 0 aromatic rings. The van der Waals surface area contributed by atoms with E-state index < -0.39 is 0 Å². The minimum absolute atomic E-state index is 0.194. The van der Waals surface area contributed by atoms with E-state index in [0.717, 1.165) is 31.9 Å². The van der Waals surface area contributed by atoms with Crippen LogP contribution < -0.4 is 0 Å². The molecule has 0 amide bonds. The molecule has 1 heterocycles. The number of hydrogen-bond acceptors (Lipinski definition) is 3. The highest BCUT2D eigenvalue weighted by molar-refractivity contribution is 4.99. The minimum atomic E-state index is 0.194. The second-order valence-electron chi connectivity index (χ2n) is 7.75. The van der Waals surface area contributed by atoms with Gasteiger partial charge in [0.05, 0.1) is 18.1 Å². The maximum Gasteiger partial charge on any atom is 0.0702 e. The van der Waals surface area contributed by atoms with Gasteiger partial charge in [-0.05, 0) is 50.5 Å². The second kappa shape index (κ2) is 6.45. The zero-order chi connectivity index (χ0) is 14.8. The summed E-state index contributed by atoms with van der Waals surface area (Å²) >= 11 is 0. The van der Waals surface area contributed by atoms with Gasteiger partial charge >= 0.3 is 0 Å². The molecule has 3 heteroatoms. The number of nitrogens with zero attached hydrogens (tertiary/aromatic N) is 2. The topological polar surface area (TPSA) is 36.3 Å². The Kier molecular flexibility index (Phi) is 5.09. The van der Waals surface area contributed by atoms with Gasteiger partial charge in [0.1, 0.15) is 0 Å². The second-order valence-corrected chi connectivity index (χ2v) is 7.75. The molecule has 1 saturated heterocycles. The fourth-order valence-electron chi connectivity index (χ4n) is 3.82. The van der Waals surface area contributed by atoms with Gasteiger partial charge in [-0.15, -0.1) is 0 Å². The predicted octanol–water partition coefficient (Wildman–Crippen LogP) is 3.45. The molecular formula is C17H30N2O. The summed E-state index contributed by atoms with van der Waals surface area (Å²) in [4.78, 5) is 2.40. The number of likely N-dealkylation sites (N-methyl/N-ethyl adjacent to an activating group) is 1. The van der Waals surface area contributed by atoms with Crippen molar-refractivity contribution in [3.63, 3.8) is 0 Å². The van der Waals surface area contributed by atoms with Crippen LogP contribution in [0.4, 0.5) is 0 Å². The van der Waals surface area contributed by atoms with E-state index in [2.05, 4.69) is 38.8 Å². The summed E-state index contributed by atoms with van der Waals surface area (Å²) in [6.45, 7) is 8.90. The molecule has 2 rings (SSSR count). The van der Waals surface area contributed by atoms with Gasteiger partial charge in [0.15, 0.2) is 0 Å². The van der Waals surface area contributed by atoms with Crippen LogP contribution in [0.3, 0.4) is 0 Å². The summed E-state index contributed by atoms with van der Waals surface area (Å²) in [6, 6.07) is 2.95. The van der Waals surface area contributed by atoms with Crippen molar-refractivity contribution in [3.8, 4) is 6.07 Å². The van der Waals surface area contributed by atoms with E-state index in [1.54, 1.807) is 0 Å². The van der Waals surface area contributed by atoms with Crippen molar-refractivity contribution < 1.29 is 4.74 Å². The third-order valence-corrected chi connectivity index (χ3v) is 5.29. The van der Waals surface area contributed by atoms with E-state index in [4.69, 9.17) is 4.74 Å². The summed E-state index contributed by atoms with van der Waals surface area (Å²) in [5.74, 6) is 0.920. The molecule has 0 aromatic carbocycles. The van der Waals surface area contributed by atoms with Crippen molar-refractivity contribution in [2.45, 2.75) is 65.0 Å². The Labute approximate surface area is 124 Å². The van der Waals surface area contributed by atoms with E-state index in [1.807, 2.05) is 0 Å². The monoisotopic (exact) mass is 278 g/mol. The maximum atomic E-state index is 9.45. The van der Waals surface area contributed by atoms with Gasteiger partial charge < -0.3 is 4.74 Å². The van der Waals surface area contributed by atoms with Crippen molar-refractivity contribution in [1.29, 1.82) is 5.26 Å². The summed E-state index contributed by atoms with van der Waals surface area (Å²) in [7, 11) is 2.18. The third kappa shape index (κ3) is 3.74. The molecule has 114 valence electrons. The van der Waals surface area contributed by atoms with Crippen LogP contribution in [0.5, 0.6) is 0 Å². The summed E-state index contributed by atoms with van der Waals surface area (Å²) < 4.78 is 5.75. The lowest BCUT2D eigenvalue weighted by molar-refractivity contribution is 0.0306. The van der Waals surface area contributed by atoms with E-state index in [-0.39, 0.29) is 5.92 Å². The molecule has 0 N–H and O–H groups in total. The van der Waals surface area contributed by atoms with Crippen molar-refractivity contribution in [3.05, 3.63) is 0 Å². The normalized spacial score (nSPS) is 35.2. The highest BCUT2D eigenvalue weighted by Gasteiger charge is 2.38. The first kappa shape index (κ1) is 15.8. The summed E-state index contributed by atoms with van der Waals surface area (Å²) in [5, 5.41) is 9.45. The van der Waals surface area contributed by atoms with Crippen LogP contribution in [-0.4, -0.2) is 37.2 Å². The van der Waals surface area contributed by atoms with Crippen LogP contribution in [0.1, 0.15) is 52.9 Å². The van der Waals surface area contributed by atoms with E-state index in [9.17, 15) is 5.26 Å². The van der Waals surface area contributed by atoms with E-state index in [1.165, 1.54) is 19.3 Å². The number of ether oxygens (including phenoxy) is 1. The number of rotatable bonds is 3. The van der Waals surface area contributed by atoms with Crippen molar-refractivity contribution >= 4 is 0 Å². The zero-order valence-corrected chi connectivity index (χ0v) is 13.6. The molecule has 4 atom stereocenters. The number of nitriles is 1. The standard InChI is InChI=1S/C17H30N2O/c1-17(2,3)14-8-7-13(11-18)16(10-14)19(4)12-15-6-5-9-20-15/h13-16H,5-10,12H2,1-4H3. The van der Waals surface area contributed by atoms with E-state index >= 15 is 0 Å². The van der Waals surface area contributed by atoms with Crippen LogP contribution in [0.15, 0.2) is 0 Å².